The molecule has 28 heavy (non-hydrogen) atoms. The van der Waals surface area contributed by atoms with E-state index in [2.05, 4.69) is 30.6 Å². The number of rotatable bonds is 5. The van der Waals surface area contributed by atoms with Crippen LogP contribution in [0.1, 0.15) is 38.1 Å². The van der Waals surface area contributed by atoms with E-state index in [-0.39, 0.29) is 29.1 Å². The smallest absolute Gasteiger partial charge is 0.257 e. The molecule has 2 aromatic carbocycles. The first kappa shape index (κ1) is 20.2. The molecule has 0 bridgehead atoms. The Bertz CT molecular complexity index is 945. The number of carbonyl (C=O) groups excluding carboxylic acids is 2. The van der Waals surface area contributed by atoms with Crippen LogP contribution in [-0.4, -0.2) is 11.8 Å². The van der Waals surface area contributed by atoms with E-state index < -0.39 is 0 Å². The summed E-state index contributed by atoms with van der Waals surface area (Å²) in [5.41, 5.74) is 2.54. The van der Waals surface area contributed by atoms with Gasteiger partial charge >= 0.3 is 0 Å². The number of hydrogen-bond donors (Lipinski definition) is 2. The van der Waals surface area contributed by atoms with Crippen molar-refractivity contribution in [1.82, 2.24) is 0 Å². The van der Waals surface area contributed by atoms with Crippen molar-refractivity contribution in [2.75, 3.05) is 10.6 Å². The number of nitrogens with one attached hydrogen (secondary N) is 2. The molecule has 0 heterocycles. The summed E-state index contributed by atoms with van der Waals surface area (Å²) >= 11 is 6.13. The minimum Gasteiger partial charge on any atom is -0.325 e. The molecule has 0 spiro atoms. The van der Waals surface area contributed by atoms with Gasteiger partial charge in [0.25, 0.3) is 5.91 Å². The SMILES string of the molecule is CC(C)=C[C@@H]1[C@H](C(=O)Nc2ccccc2C(=O)Nc2ccccc2Cl)C1(C)C. The van der Waals surface area contributed by atoms with E-state index in [1.807, 2.05) is 13.8 Å². The molecule has 0 aromatic heterocycles. The summed E-state index contributed by atoms with van der Waals surface area (Å²) in [6, 6.07) is 14.0. The molecule has 2 amide bonds. The summed E-state index contributed by atoms with van der Waals surface area (Å²) in [4.78, 5) is 25.6. The molecule has 1 fully saturated rings. The fourth-order valence-electron chi connectivity index (χ4n) is 3.60. The van der Waals surface area contributed by atoms with Gasteiger partial charge in [0.2, 0.25) is 5.91 Å². The first-order chi connectivity index (χ1) is 13.2. The van der Waals surface area contributed by atoms with Crippen molar-refractivity contribution in [3.8, 4) is 0 Å². The molecule has 4 nitrogen and oxygen atoms in total. The first-order valence-corrected chi connectivity index (χ1v) is 9.70. The predicted octanol–water partition coefficient (Wildman–Crippen LogP) is 5.77. The zero-order chi connectivity index (χ0) is 20.5. The Balaban J connectivity index is 1.78. The maximum Gasteiger partial charge on any atom is 0.257 e. The summed E-state index contributed by atoms with van der Waals surface area (Å²) in [6.45, 7) is 8.27. The van der Waals surface area contributed by atoms with Crippen LogP contribution in [0, 0.1) is 17.3 Å². The maximum absolute atomic E-state index is 12.9. The minimum atomic E-state index is -0.320. The third kappa shape index (κ3) is 4.12. The highest BCUT2D eigenvalue weighted by Crippen LogP contribution is 2.59. The van der Waals surface area contributed by atoms with Crippen molar-refractivity contribution in [1.29, 1.82) is 0 Å². The third-order valence-electron chi connectivity index (χ3n) is 5.26. The Hall–Kier alpha value is -2.59. The van der Waals surface area contributed by atoms with Crippen LogP contribution in [0.3, 0.4) is 0 Å². The monoisotopic (exact) mass is 396 g/mol. The lowest BCUT2D eigenvalue weighted by Gasteiger charge is -2.12. The Morgan fingerprint density at radius 3 is 2.21 bits per heavy atom. The number of benzene rings is 2. The van der Waals surface area contributed by atoms with E-state index in [1.165, 1.54) is 5.57 Å². The quantitative estimate of drug-likeness (QED) is 0.630. The van der Waals surface area contributed by atoms with Crippen LogP contribution in [0.4, 0.5) is 11.4 Å². The van der Waals surface area contributed by atoms with E-state index in [1.54, 1.807) is 48.5 Å². The van der Waals surface area contributed by atoms with Crippen molar-refractivity contribution in [3.05, 3.63) is 70.8 Å². The summed E-state index contributed by atoms with van der Waals surface area (Å²) in [5, 5.41) is 6.21. The van der Waals surface area contributed by atoms with Crippen molar-refractivity contribution in [2.24, 2.45) is 17.3 Å². The Morgan fingerprint density at radius 2 is 1.57 bits per heavy atom. The number of carbonyl (C=O) groups is 2. The normalized spacial score (nSPS) is 19.5. The van der Waals surface area contributed by atoms with Gasteiger partial charge in [-0.2, -0.15) is 0 Å². The van der Waals surface area contributed by atoms with Crippen LogP contribution in [0.15, 0.2) is 60.2 Å². The largest absolute Gasteiger partial charge is 0.325 e. The highest BCUT2D eigenvalue weighted by Gasteiger charge is 2.60. The van der Waals surface area contributed by atoms with Gasteiger partial charge in [-0.15, -0.1) is 0 Å². The molecule has 1 saturated carbocycles. The Labute approximate surface area is 171 Å². The highest BCUT2D eigenvalue weighted by atomic mass is 35.5. The molecule has 146 valence electrons. The van der Waals surface area contributed by atoms with Gasteiger partial charge in [0.05, 0.1) is 27.9 Å². The second-order valence-corrected chi connectivity index (χ2v) is 8.44. The maximum atomic E-state index is 12.9. The number of anilines is 2. The first-order valence-electron chi connectivity index (χ1n) is 9.32. The van der Waals surface area contributed by atoms with E-state index in [4.69, 9.17) is 11.6 Å². The van der Waals surface area contributed by atoms with Crippen LogP contribution in [0.25, 0.3) is 0 Å². The topological polar surface area (TPSA) is 58.2 Å². The van der Waals surface area contributed by atoms with Gasteiger partial charge in [-0.3, -0.25) is 9.59 Å². The van der Waals surface area contributed by atoms with Crippen LogP contribution in [0.5, 0.6) is 0 Å². The molecule has 0 radical (unpaired) electrons. The Kier molecular flexibility index (Phi) is 5.61. The van der Waals surface area contributed by atoms with Crippen molar-refractivity contribution >= 4 is 34.8 Å². The second-order valence-electron chi connectivity index (χ2n) is 8.04. The molecule has 5 heteroatoms. The number of halogens is 1. The van der Waals surface area contributed by atoms with Gasteiger partial charge in [0.15, 0.2) is 0 Å². The van der Waals surface area contributed by atoms with Crippen molar-refractivity contribution in [3.63, 3.8) is 0 Å². The third-order valence-corrected chi connectivity index (χ3v) is 5.59. The van der Waals surface area contributed by atoms with Crippen LogP contribution < -0.4 is 10.6 Å². The average molecular weight is 397 g/mol. The summed E-state index contributed by atoms with van der Waals surface area (Å²) in [6.07, 6.45) is 2.15. The number of allylic oxidation sites excluding steroid dienone is 2. The zero-order valence-electron chi connectivity index (χ0n) is 16.5. The molecular weight excluding hydrogens is 372 g/mol. The van der Waals surface area contributed by atoms with Gasteiger partial charge in [-0.25, -0.2) is 0 Å². The van der Waals surface area contributed by atoms with Crippen LogP contribution in [0.2, 0.25) is 5.02 Å². The lowest BCUT2D eigenvalue weighted by atomic mass is 10.1. The lowest BCUT2D eigenvalue weighted by Crippen LogP contribution is -2.20. The van der Waals surface area contributed by atoms with Gasteiger partial charge in [-0.1, -0.05) is 61.4 Å². The molecule has 2 atom stereocenters. The summed E-state index contributed by atoms with van der Waals surface area (Å²) in [7, 11) is 0. The predicted molar refractivity (Wildman–Crippen MR) is 115 cm³/mol. The highest BCUT2D eigenvalue weighted by molar-refractivity contribution is 6.34. The molecule has 0 unspecified atom stereocenters. The summed E-state index contributed by atoms with van der Waals surface area (Å²) in [5.74, 6) is -0.283. The number of hydrogen-bond acceptors (Lipinski definition) is 2. The fourth-order valence-corrected chi connectivity index (χ4v) is 3.78. The minimum absolute atomic E-state index is 0.0644. The average Bonchev–Trinajstić information content (AvgIpc) is 3.16. The van der Waals surface area contributed by atoms with Gasteiger partial charge in [0, 0.05) is 0 Å². The molecule has 3 rings (SSSR count). The van der Waals surface area contributed by atoms with E-state index in [0.29, 0.717) is 22.0 Å². The van der Waals surface area contributed by atoms with Crippen molar-refractivity contribution in [2.45, 2.75) is 27.7 Å². The van der Waals surface area contributed by atoms with Gasteiger partial charge < -0.3 is 10.6 Å². The van der Waals surface area contributed by atoms with Crippen LogP contribution >= 0.6 is 11.6 Å². The molecule has 1 aliphatic carbocycles. The second kappa shape index (κ2) is 7.80. The van der Waals surface area contributed by atoms with Crippen LogP contribution in [-0.2, 0) is 4.79 Å². The van der Waals surface area contributed by atoms with E-state index >= 15 is 0 Å². The van der Waals surface area contributed by atoms with Gasteiger partial charge in [-0.05, 0) is 49.4 Å². The fraction of sp³-hybridized carbons (Fsp3) is 0.304. The molecule has 1 aliphatic rings. The summed E-state index contributed by atoms with van der Waals surface area (Å²) < 4.78 is 0. The van der Waals surface area contributed by atoms with Gasteiger partial charge in [0.1, 0.15) is 0 Å². The molecule has 0 saturated heterocycles. The van der Waals surface area contributed by atoms with E-state index in [0.717, 1.165) is 0 Å². The standard InChI is InChI=1S/C23H25ClN2O2/c1-14(2)13-16-20(23(16,3)4)22(28)25-18-11-7-5-9-15(18)21(27)26-19-12-8-6-10-17(19)24/h5-13,16,20H,1-4H3,(H,25,28)(H,26,27)/t16-,20-/m1/s1. The number of para-hydroxylation sites is 2. The molecule has 2 aromatic rings. The molecular formula is C23H25ClN2O2. The number of amides is 2. The zero-order valence-corrected chi connectivity index (χ0v) is 17.3. The van der Waals surface area contributed by atoms with Crippen molar-refractivity contribution < 1.29 is 9.59 Å². The molecule has 0 aliphatic heterocycles. The van der Waals surface area contributed by atoms with E-state index in [9.17, 15) is 9.59 Å². The Morgan fingerprint density at radius 1 is 0.964 bits per heavy atom. The lowest BCUT2D eigenvalue weighted by molar-refractivity contribution is -0.118. The molecule has 2 N–H and O–H groups in total.